The van der Waals surface area contributed by atoms with Crippen molar-refractivity contribution in [3.05, 3.63) is 22.9 Å². The molecule has 0 fully saturated rings. The fourth-order valence-electron chi connectivity index (χ4n) is 1.21. The molecule has 0 aliphatic rings. The van der Waals surface area contributed by atoms with Gasteiger partial charge in [-0.25, -0.2) is 0 Å². The van der Waals surface area contributed by atoms with Gasteiger partial charge in [-0.3, -0.25) is 4.79 Å². The Kier molecular flexibility index (Phi) is 8.29. The second-order valence-electron chi connectivity index (χ2n) is 5.90. The summed E-state index contributed by atoms with van der Waals surface area (Å²) in [6, 6.07) is 0. The molecule has 0 aliphatic carbocycles. The molecule has 21 heavy (non-hydrogen) atoms. The lowest BCUT2D eigenvalue weighted by Gasteiger charge is -2.20. The van der Waals surface area contributed by atoms with E-state index in [-0.39, 0.29) is 16.6 Å². The first-order chi connectivity index (χ1) is 9.45. The zero-order valence-electron chi connectivity index (χ0n) is 13.8. The van der Waals surface area contributed by atoms with Crippen molar-refractivity contribution in [2.75, 3.05) is 0 Å². The standard InChI is InChI=1S/C15H25ClN2O2S/c1-10(17-13(4)19)8-9-14(16)11(2)12(3)18-21(20)15(5,6)7/h8-9,11H,1-7H3,(H,17,19)/b10-8+,14-9+,18-12+/t11?,21-/m1/s1. The predicted molar refractivity (Wildman–Crippen MR) is 91.7 cm³/mol. The van der Waals surface area contributed by atoms with Gasteiger partial charge in [-0.15, -0.1) is 0 Å². The van der Waals surface area contributed by atoms with Crippen LogP contribution in [0.15, 0.2) is 27.3 Å². The molecular formula is C15H25ClN2O2S. The lowest BCUT2D eigenvalue weighted by Crippen LogP contribution is -2.27. The van der Waals surface area contributed by atoms with Crippen LogP contribution in [-0.2, 0) is 16.2 Å². The Morgan fingerprint density at radius 1 is 1.29 bits per heavy atom. The molecule has 1 amide bonds. The minimum absolute atomic E-state index is 0.125. The Balaban J connectivity index is 4.95. The lowest BCUT2D eigenvalue weighted by atomic mass is 10.1. The number of rotatable bonds is 5. The summed E-state index contributed by atoms with van der Waals surface area (Å²) in [4.78, 5) is 10.9. The molecule has 120 valence electrons. The SMILES string of the molecule is CC(=O)N/C(C)=C/C=C(/Cl)C(C)/C(C)=N/[S@+]([O-])C(C)(C)C. The molecule has 1 N–H and O–H groups in total. The number of allylic oxidation sites excluding steroid dienone is 4. The van der Waals surface area contributed by atoms with Gasteiger partial charge in [0, 0.05) is 23.6 Å². The second kappa shape index (κ2) is 8.61. The van der Waals surface area contributed by atoms with Crippen molar-refractivity contribution in [1.29, 1.82) is 0 Å². The highest BCUT2D eigenvalue weighted by Gasteiger charge is 2.27. The van der Waals surface area contributed by atoms with E-state index in [1.54, 1.807) is 19.1 Å². The highest BCUT2D eigenvalue weighted by atomic mass is 35.5. The molecule has 0 radical (unpaired) electrons. The summed E-state index contributed by atoms with van der Waals surface area (Å²) >= 11 is 4.93. The molecule has 0 aromatic rings. The Hall–Kier alpha value is -0.780. The number of amides is 1. The van der Waals surface area contributed by atoms with Gasteiger partial charge in [-0.05, 0) is 46.8 Å². The van der Waals surface area contributed by atoms with Crippen LogP contribution in [0.25, 0.3) is 0 Å². The third kappa shape index (κ3) is 8.29. The summed E-state index contributed by atoms with van der Waals surface area (Å²) in [6.45, 7) is 12.6. The van der Waals surface area contributed by atoms with E-state index in [9.17, 15) is 9.35 Å². The highest BCUT2D eigenvalue weighted by Crippen LogP contribution is 2.22. The molecule has 0 saturated carbocycles. The van der Waals surface area contributed by atoms with E-state index < -0.39 is 11.4 Å². The molecule has 0 bridgehead atoms. The van der Waals surface area contributed by atoms with Crippen LogP contribution in [0.4, 0.5) is 0 Å². The van der Waals surface area contributed by atoms with E-state index in [0.29, 0.717) is 10.7 Å². The minimum Gasteiger partial charge on any atom is -0.591 e. The molecule has 0 spiro atoms. The van der Waals surface area contributed by atoms with Gasteiger partial charge in [0.05, 0.1) is 5.71 Å². The van der Waals surface area contributed by atoms with Crippen LogP contribution in [0.3, 0.4) is 0 Å². The summed E-state index contributed by atoms with van der Waals surface area (Å²) in [5, 5.41) is 3.23. The molecule has 2 atom stereocenters. The molecule has 0 aliphatic heterocycles. The number of carbonyl (C=O) groups is 1. The fraction of sp³-hybridized carbons (Fsp3) is 0.600. The van der Waals surface area contributed by atoms with Crippen molar-refractivity contribution in [3.8, 4) is 0 Å². The van der Waals surface area contributed by atoms with Gasteiger partial charge in [-0.2, -0.15) is 0 Å². The van der Waals surface area contributed by atoms with E-state index in [1.165, 1.54) is 6.92 Å². The van der Waals surface area contributed by atoms with Crippen LogP contribution >= 0.6 is 11.6 Å². The van der Waals surface area contributed by atoms with Crippen molar-refractivity contribution >= 4 is 34.6 Å². The van der Waals surface area contributed by atoms with E-state index in [4.69, 9.17) is 11.6 Å². The number of hydrogen-bond donors (Lipinski definition) is 1. The Morgan fingerprint density at radius 3 is 2.24 bits per heavy atom. The summed E-state index contributed by atoms with van der Waals surface area (Å²) in [5.74, 6) is -0.251. The Morgan fingerprint density at radius 2 is 1.81 bits per heavy atom. The summed E-state index contributed by atoms with van der Waals surface area (Å²) in [6.07, 6.45) is 3.45. The number of hydrogen-bond acceptors (Lipinski definition) is 3. The average Bonchev–Trinajstić information content (AvgIpc) is 2.32. The first kappa shape index (κ1) is 20.2. The number of nitrogens with zero attached hydrogens (tertiary/aromatic N) is 1. The Labute approximate surface area is 136 Å². The van der Waals surface area contributed by atoms with Gasteiger partial charge in [0.1, 0.15) is 16.1 Å². The fourth-order valence-corrected chi connectivity index (χ4v) is 2.13. The van der Waals surface area contributed by atoms with E-state index in [0.717, 1.165) is 5.71 Å². The number of carbonyl (C=O) groups excluding carboxylic acids is 1. The summed E-state index contributed by atoms with van der Waals surface area (Å²) < 4.78 is 15.8. The van der Waals surface area contributed by atoms with Crippen LogP contribution < -0.4 is 5.32 Å². The topological polar surface area (TPSA) is 64.5 Å². The largest absolute Gasteiger partial charge is 0.591 e. The smallest absolute Gasteiger partial charge is 0.220 e. The molecular weight excluding hydrogens is 308 g/mol. The monoisotopic (exact) mass is 332 g/mol. The normalized spacial score (nSPS) is 17.5. The van der Waals surface area contributed by atoms with Gasteiger partial charge in [0.15, 0.2) is 0 Å². The maximum Gasteiger partial charge on any atom is 0.220 e. The van der Waals surface area contributed by atoms with Crippen LogP contribution in [0.2, 0.25) is 0 Å². The van der Waals surface area contributed by atoms with Crippen LogP contribution in [0, 0.1) is 5.92 Å². The van der Waals surface area contributed by atoms with Crippen LogP contribution in [0.5, 0.6) is 0 Å². The van der Waals surface area contributed by atoms with Gasteiger partial charge < -0.3 is 9.87 Å². The highest BCUT2D eigenvalue weighted by molar-refractivity contribution is 7.91. The first-order valence-corrected chi connectivity index (χ1v) is 8.22. The maximum atomic E-state index is 12.0. The minimum atomic E-state index is -1.30. The quantitative estimate of drug-likeness (QED) is 0.474. The van der Waals surface area contributed by atoms with Crippen molar-refractivity contribution < 1.29 is 9.35 Å². The molecule has 6 heteroatoms. The zero-order chi connectivity index (χ0) is 16.8. The van der Waals surface area contributed by atoms with E-state index in [2.05, 4.69) is 9.71 Å². The van der Waals surface area contributed by atoms with Crippen molar-refractivity contribution in [2.45, 2.75) is 53.2 Å². The van der Waals surface area contributed by atoms with Gasteiger partial charge >= 0.3 is 0 Å². The summed E-state index contributed by atoms with van der Waals surface area (Å²) in [5.41, 5.74) is 1.43. The predicted octanol–water partition coefficient (Wildman–Crippen LogP) is 3.71. The zero-order valence-corrected chi connectivity index (χ0v) is 15.4. The molecule has 4 nitrogen and oxygen atoms in total. The molecule has 0 saturated heterocycles. The van der Waals surface area contributed by atoms with Crippen LogP contribution in [-0.4, -0.2) is 20.9 Å². The van der Waals surface area contributed by atoms with Crippen LogP contribution in [0.1, 0.15) is 48.5 Å². The van der Waals surface area contributed by atoms with Crippen molar-refractivity contribution in [2.24, 2.45) is 10.3 Å². The number of halogens is 1. The summed E-state index contributed by atoms with van der Waals surface area (Å²) in [7, 11) is 0. The van der Waals surface area contributed by atoms with Crippen molar-refractivity contribution in [1.82, 2.24) is 5.32 Å². The third-order valence-corrected chi connectivity index (χ3v) is 4.61. The molecule has 0 heterocycles. The number of nitrogens with one attached hydrogen (secondary N) is 1. The van der Waals surface area contributed by atoms with E-state index >= 15 is 0 Å². The maximum absolute atomic E-state index is 12.0. The van der Waals surface area contributed by atoms with Crippen molar-refractivity contribution in [3.63, 3.8) is 0 Å². The second-order valence-corrected chi connectivity index (χ2v) is 8.24. The molecule has 0 aromatic heterocycles. The Bertz CT molecular complexity index is 465. The average molecular weight is 333 g/mol. The van der Waals surface area contributed by atoms with Gasteiger partial charge in [0.25, 0.3) is 0 Å². The lowest BCUT2D eigenvalue weighted by molar-refractivity contribution is -0.118. The molecule has 0 rings (SSSR count). The van der Waals surface area contributed by atoms with Gasteiger partial charge in [0.2, 0.25) is 5.91 Å². The molecule has 1 unspecified atom stereocenters. The first-order valence-electron chi connectivity index (χ1n) is 6.74. The molecule has 0 aromatic carbocycles. The third-order valence-electron chi connectivity index (χ3n) is 2.66. The van der Waals surface area contributed by atoms with E-state index in [1.807, 2.05) is 34.6 Å². The van der Waals surface area contributed by atoms with Gasteiger partial charge in [-0.1, -0.05) is 22.9 Å².